The van der Waals surface area contributed by atoms with Crippen LogP contribution in [0.3, 0.4) is 0 Å². The van der Waals surface area contributed by atoms with Gasteiger partial charge in [0.25, 0.3) is 0 Å². The van der Waals surface area contributed by atoms with Gasteiger partial charge >= 0.3 is 0 Å². The summed E-state index contributed by atoms with van der Waals surface area (Å²) in [5.41, 5.74) is 3.17. The Hall–Kier alpha value is -1.66. The molecule has 94 valence electrons. The first kappa shape index (κ1) is 12.8. The van der Waals surface area contributed by atoms with E-state index in [-0.39, 0.29) is 5.92 Å². The van der Waals surface area contributed by atoms with Gasteiger partial charge in [-0.2, -0.15) is 5.26 Å². The van der Waals surface area contributed by atoms with E-state index in [0.29, 0.717) is 0 Å². The van der Waals surface area contributed by atoms with E-state index in [1.807, 2.05) is 25.1 Å². The average molecular weight is 242 g/mol. The minimum Gasteiger partial charge on any atom is -0.303 e. The maximum Gasteiger partial charge on any atom is 0.123 e. The average Bonchev–Trinajstić information content (AvgIpc) is 2.42. The fraction of sp³-hybridized carbons (Fsp3) is 0.467. The van der Waals surface area contributed by atoms with Gasteiger partial charge in [-0.05, 0) is 56.1 Å². The highest BCUT2D eigenvalue weighted by molar-refractivity contribution is 5.53. The summed E-state index contributed by atoms with van der Waals surface area (Å²) in [4.78, 5) is 13.1. The molecule has 1 heterocycles. The Balaban J connectivity index is 1.98. The lowest BCUT2D eigenvalue weighted by atomic mass is 9.97. The topological polar surface area (TPSA) is 44.1 Å². The van der Waals surface area contributed by atoms with Crippen LogP contribution in [0.5, 0.6) is 0 Å². The lowest BCUT2D eigenvalue weighted by Crippen LogP contribution is -2.33. The van der Waals surface area contributed by atoms with Crippen LogP contribution in [0.15, 0.2) is 18.2 Å². The number of aldehydes is 1. The van der Waals surface area contributed by atoms with E-state index in [9.17, 15) is 4.79 Å². The minimum absolute atomic E-state index is 0.253. The van der Waals surface area contributed by atoms with Crippen molar-refractivity contribution in [1.82, 2.24) is 4.90 Å². The number of hydrogen-bond acceptors (Lipinski definition) is 3. The van der Waals surface area contributed by atoms with Crippen molar-refractivity contribution in [2.45, 2.75) is 26.3 Å². The zero-order valence-electron chi connectivity index (χ0n) is 10.7. The summed E-state index contributed by atoms with van der Waals surface area (Å²) in [7, 11) is 0. The monoisotopic (exact) mass is 242 g/mol. The first-order valence-corrected chi connectivity index (χ1v) is 6.40. The van der Waals surface area contributed by atoms with Gasteiger partial charge in [-0.1, -0.05) is 6.07 Å². The van der Waals surface area contributed by atoms with Crippen molar-refractivity contribution in [2.75, 3.05) is 13.1 Å². The maximum absolute atomic E-state index is 10.7. The van der Waals surface area contributed by atoms with E-state index in [2.05, 4.69) is 11.0 Å². The summed E-state index contributed by atoms with van der Waals surface area (Å²) < 4.78 is 0. The van der Waals surface area contributed by atoms with Crippen molar-refractivity contribution < 1.29 is 4.79 Å². The molecule has 0 unspecified atom stereocenters. The molecule has 3 nitrogen and oxygen atoms in total. The Kier molecular flexibility index (Phi) is 4.11. The fourth-order valence-corrected chi connectivity index (χ4v) is 2.43. The molecular weight excluding hydrogens is 224 g/mol. The molecule has 3 heteroatoms. The third-order valence-corrected chi connectivity index (χ3v) is 3.69. The highest BCUT2D eigenvalue weighted by Crippen LogP contribution is 2.19. The second-order valence-electron chi connectivity index (χ2n) is 5.00. The molecule has 0 N–H and O–H groups in total. The van der Waals surface area contributed by atoms with Gasteiger partial charge in [0.05, 0.1) is 11.6 Å². The Morgan fingerprint density at radius 1 is 1.44 bits per heavy atom. The van der Waals surface area contributed by atoms with Crippen LogP contribution in [0.4, 0.5) is 0 Å². The van der Waals surface area contributed by atoms with Gasteiger partial charge < -0.3 is 4.79 Å². The van der Waals surface area contributed by atoms with Crippen LogP contribution < -0.4 is 0 Å². The molecule has 1 aliphatic heterocycles. The van der Waals surface area contributed by atoms with Crippen molar-refractivity contribution in [3.63, 3.8) is 0 Å². The summed E-state index contributed by atoms with van der Waals surface area (Å²) >= 11 is 0. The number of piperidine rings is 1. The van der Waals surface area contributed by atoms with Crippen molar-refractivity contribution in [3.05, 3.63) is 34.9 Å². The first-order valence-electron chi connectivity index (χ1n) is 6.40. The fourth-order valence-electron chi connectivity index (χ4n) is 2.43. The standard InChI is InChI=1S/C15H18N2O/c1-12-8-14(9-16)2-3-15(12)10-17-6-4-13(11-18)5-7-17/h2-3,8,11,13H,4-7,10H2,1H3. The van der Waals surface area contributed by atoms with Crippen LogP contribution in [0.1, 0.15) is 29.5 Å². The van der Waals surface area contributed by atoms with Gasteiger partial charge in [-0.25, -0.2) is 0 Å². The van der Waals surface area contributed by atoms with E-state index in [1.165, 1.54) is 11.1 Å². The van der Waals surface area contributed by atoms with Crippen molar-refractivity contribution >= 4 is 6.29 Å². The quantitative estimate of drug-likeness (QED) is 0.764. The van der Waals surface area contributed by atoms with Gasteiger partial charge in [0, 0.05) is 12.5 Å². The van der Waals surface area contributed by atoms with Crippen molar-refractivity contribution in [3.8, 4) is 6.07 Å². The largest absolute Gasteiger partial charge is 0.303 e. The molecule has 1 aliphatic rings. The molecule has 1 fully saturated rings. The lowest BCUT2D eigenvalue weighted by molar-refractivity contribution is -0.112. The molecule has 1 saturated heterocycles. The molecule has 2 rings (SSSR count). The molecular formula is C15H18N2O. The number of rotatable bonds is 3. The molecule has 0 aromatic heterocycles. The zero-order valence-corrected chi connectivity index (χ0v) is 10.7. The normalized spacial score (nSPS) is 17.3. The summed E-state index contributed by atoms with van der Waals surface area (Å²) in [6, 6.07) is 8.01. The highest BCUT2D eigenvalue weighted by atomic mass is 16.1. The molecule has 0 radical (unpaired) electrons. The molecule has 0 atom stereocenters. The van der Waals surface area contributed by atoms with Crippen LogP contribution >= 0.6 is 0 Å². The van der Waals surface area contributed by atoms with E-state index < -0.39 is 0 Å². The third-order valence-electron chi connectivity index (χ3n) is 3.69. The van der Waals surface area contributed by atoms with E-state index in [4.69, 9.17) is 5.26 Å². The van der Waals surface area contributed by atoms with Crippen LogP contribution in [0.25, 0.3) is 0 Å². The molecule has 0 amide bonds. The van der Waals surface area contributed by atoms with Crippen LogP contribution in [0, 0.1) is 24.2 Å². The van der Waals surface area contributed by atoms with Crippen LogP contribution in [-0.4, -0.2) is 24.3 Å². The van der Waals surface area contributed by atoms with Crippen LogP contribution in [-0.2, 0) is 11.3 Å². The minimum atomic E-state index is 0.253. The SMILES string of the molecule is Cc1cc(C#N)ccc1CN1CCC(C=O)CC1. The molecule has 0 saturated carbocycles. The van der Waals surface area contributed by atoms with Gasteiger partial charge in [-0.15, -0.1) is 0 Å². The van der Waals surface area contributed by atoms with Crippen LogP contribution in [0.2, 0.25) is 0 Å². The Morgan fingerprint density at radius 3 is 2.72 bits per heavy atom. The Bertz CT molecular complexity index is 468. The van der Waals surface area contributed by atoms with Gasteiger partial charge in [0.15, 0.2) is 0 Å². The second kappa shape index (κ2) is 5.79. The molecule has 1 aromatic carbocycles. The van der Waals surface area contributed by atoms with Crippen molar-refractivity contribution in [2.24, 2.45) is 5.92 Å². The van der Waals surface area contributed by atoms with Crippen molar-refractivity contribution in [1.29, 1.82) is 5.26 Å². The lowest BCUT2D eigenvalue weighted by Gasteiger charge is -2.30. The number of nitrogens with zero attached hydrogens (tertiary/aromatic N) is 2. The van der Waals surface area contributed by atoms with E-state index >= 15 is 0 Å². The highest BCUT2D eigenvalue weighted by Gasteiger charge is 2.18. The van der Waals surface area contributed by atoms with Gasteiger partial charge in [-0.3, -0.25) is 4.90 Å². The number of carbonyl (C=O) groups is 1. The number of carbonyl (C=O) groups excluding carboxylic acids is 1. The van der Waals surface area contributed by atoms with E-state index in [0.717, 1.165) is 44.3 Å². The summed E-state index contributed by atoms with van der Waals surface area (Å²) in [6.07, 6.45) is 3.03. The molecule has 0 aliphatic carbocycles. The molecule has 18 heavy (non-hydrogen) atoms. The second-order valence-corrected chi connectivity index (χ2v) is 5.00. The Labute approximate surface area is 108 Å². The molecule has 0 bridgehead atoms. The zero-order chi connectivity index (χ0) is 13.0. The number of nitriles is 1. The first-order chi connectivity index (χ1) is 8.72. The van der Waals surface area contributed by atoms with Gasteiger partial charge in [0.1, 0.15) is 6.29 Å². The summed E-state index contributed by atoms with van der Waals surface area (Å²) in [5.74, 6) is 0.253. The number of benzene rings is 1. The number of hydrogen-bond donors (Lipinski definition) is 0. The number of likely N-dealkylation sites (tertiary alicyclic amines) is 1. The molecule has 0 spiro atoms. The van der Waals surface area contributed by atoms with Gasteiger partial charge in [0.2, 0.25) is 0 Å². The summed E-state index contributed by atoms with van der Waals surface area (Å²) in [5, 5.41) is 8.84. The predicted octanol–water partition coefficient (Wildman–Crippen LogP) is 2.28. The predicted molar refractivity (Wildman–Crippen MR) is 70.0 cm³/mol. The third kappa shape index (κ3) is 2.96. The Morgan fingerprint density at radius 2 is 2.17 bits per heavy atom. The maximum atomic E-state index is 10.7. The van der Waals surface area contributed by atoms with E-state index in [1.54, 1.807) is 0 Å². The smallest absolute Gasteiger partial charge is 0.123 e. The molecule has 1 aromatic rings. The summed E-state index contributed by atoms with van der Waals surface area (Å²) in [6.45, 7) is 4.95. The number of aryl methyl sites for hydroxylation is 1.